The molecule has 5 heterocycles. The minimum absolute atomic E-state index is 0.173. The number of carboxylic acid groups (broad SMARTS) is 1. The Morgan fingerprint density at radius 3 is 2.65 bits per heavy atom. The second-order valence-corrected chi connectivity index (χ2v) is 12.5. The number of ether oxygens (including phenoxy) is 1. The Bertz CT molecular complexity index is 1850. The zero-order valence-corrected chi connectivity index (χ0v) is 25.1. The first-order chi connectivity index (χ1) is 21.9. The Labute approximate surface area is 261 Å². The molecule has 240 valence electrons. The van der Waals surface area contributed by atoms with Crippen LogP contribution in [0.15, 0.2) is 48.9 Å². The van der Waals surface area contributed by atoms with Crippen LogP contribution in [0.4, 0.5) is 30.5 Å². The van der Waals surface area contributed by atoms with Gasteiger partial charge in [-0.25, -0.2) is 15.0 Å². The van der Waals surface area contributed by atoms with Crippen molar-refractivity contribution >= 4 is 34.7 Å². The van der Waals surface area contributed by atoms with Crippen molar-refractivity contribution < 1.29 is 32.6 Å². The van der Waals surface area contributed by atoms with Gasteiger partial charge in [0.25, 0.3) is 5.91 Å². The lowest BCUT2D eigenvalue weighted by Gasteiger charge is -2.46. The van der Waals surface area contributed by atoms with E-state index in [2.05, 4.69) is 32.4 Å². The number of hydrogen-bond acceptors (Lipinski definition) is 8. The monoisotopic (exact) mass is 635 g/mol. The zero-order chi connectivity index (χ0) is 32.4. The minimum atomic E-state index is -4.56. The van der Waals surface area contributed by atoms with E-state index in [9.17, 15) is 27.9 Å². The van der Waals surface area contributed by atoms with E-state index in [0.29, 0.717) is 49.0 Å². The predicted octanol–water partition coefficient (Wildman–Crippen LogP) is 5.91. The lowest BCUT2D eigenvalue weighted by Crippen LogP contribution is -2.52. The molecule has 1 aromatic carbocycles. The van der Waals surface area contributed by atoms with Gasteiger partial charge in [0.15, 0.2) is 5.82 Å². The second-order valence-electron chi connectivity index (χ2n) is 12.5. The van der Waals surface area contributed by atoms with Crippen molar-refractivity contribution in [1.82, 2.24) is 24.3 Å². The standard InChI is InChI=1S/C32H32F3N7O4/c1-17-16-46-23(15-42(17)20-5-8-31(2,9-6-20)30(44)45)28-40-25-21-4-3-18(13-22(21)38-27-26(25)41(28)12-11-37-27)29(43)39-24-14-19(7-10-36-24)32(33,34)35/h3-4,7,10-14,17,20,23H,5-6,8-9,15-16H2,1-2H3,(H,37,38)(H,44,45)(H,36,39,43)/t17-,20?,23+,31?/m0/s1. The van der Waals surface area contributed by atoms with Gasteiger partial charge >= 0.3 is 12.1 Å². The topological polar surface area (TPSA) is 134 Å². The SMILES string of the molecule is C[C@H]1CO[C@@H](c2nc3c4c(nccn24)Nc2cc(C(=O)Nc4cc(C(F)(F)F)ccn4)ccc2-3)CN1C1CCC(C)(C(=O)O)CC1. The number of hydrogen-bond donors (Lipinski definition) is 3. The average Bonchev–Trinajstić information content (AvgIpc) is 3.42. The summed E-state index contributed by atoms with van der Waals surface area (Å²) in [5.41, 5.74) is 1.36. The van der Waals surface area contributed by atoms with Crippen molar-refractivity contribution in [3.05, 3.63) is 65.9 Å². The second kappa shape index (κ2) is 11.1. The van der Waals surface area contributed by atoms with Crippen LogP contribution in [0.2, 0.25) is 0 Å². The highest BCUT2D eigenvalue weighted by molar-refractivity contribution is 6.07. The number of rotatable bonds is 5. The number of halogens is 3. The number of fused-ring (bicyclic) bond motifs is 2. The molecule has 7 rings (SSSR count). The van der Waals surface area contributed by atoms with E-state index in [1.165, 1.54) is 0 Å². The fourth-order valence-electron chi connectivity index (χ4n) is 6.78. The number of nitrogens with one attached hydrogen (secondary N) is 2. The molecule has 1 saturated carbocycles. The fourth-order valence-corrected chi connectivity index (χ4v) is 6.78. The van der Waals surface area contributed by atoms with Crippen molar-refractivity contribution in [3.63, 3.8) is 0 Å². The van der Waals surface area contributed by atoms with Gasteiger partial charge in [-0.3, -0.25) is 18.9 Å². The largest absolute Gasteiger partial charge is 0.481 e. The van der Waals surface area contributed by atoms with E-state index in [1.54, 1.807) is 24.4 Å². The molecular weight excluding hydrogens is 603 g/mol. The van der Waals surface area contributed by atoms with Gasteiger partial charge in [-0.15, -0.1) is 0 Å². The zero-order valence-electron chi connectivity index (χ0n) is 25.1. The van der Waals surface area contributed by atoms with Gasteiger partial charge in [0.05, 0.1) is 23.3 Å². The average molecular weight is 636 g/mol. The fraction of sp³-hybridized carbons (Fsp3) is 0.406. The lowest BCUT2D eigenvalue weighted by atomic mass is 9.73. The number of nitrogens with zero attached hydrogens (tertiary/aromatic N) is 5. The summed E-state index contributed by atoms with van der Waals surface area (Å²) < 4.78 is 47.7. The van der Waals surface area contributed by atoms with Crippen LogP contribution in [-0.4, -0.2) is 66.5 Å². The van der Waals surface area contributed by atoms with Crippen molar-refractivity contribution in [2.24, 2.45) is 5.41 Å². The van der Waals surface area contributed by atoms with E-state index in [-0.39, 0.29) is 29.6 Å². The quantitative estimate of drug-likeness (QED) is 0.215. The summed E-state index contributed by atoms with van der Waals surface area (Å²) in [5, 5.41) is 15.4. The number of imidazole rings is 1. The number of pyridine rings is 1. The van der Waals surface area contributed by atoms with Crippen LogP contribution < -0.4 is 10.6 Å². The molecule has 46 heavy (non-hydrogen) atoms. The molecule has 14 heteroatoms. The van der Waals surface area contributed by atoms with E-state index >= 15 is 0 Å². The summed E-state index contributed by atoms with van der Waals surface area (Å²) in [7, 11) is 0. The Balaban J connectivity index is 1.15. The normalized spacial score (nSPS) is 24.7. The summed E-state index contributed by atoms with van der Waals surface area (Å²) >= 11 is 0. The number of alkyl halides is 3. The molecule has 2 atom stereocenters. The predicted molar refractivity (Wildman–Crippen MR) is 162 cm³/mol. The van der Waals surface area contributed by atoms with Crippen LogP contribution in [0.5, 0.6) is 0 Å². The Hall–Kier alpha value is -4.56. The number of carbonyl (C=O) groups is 2. The third-order valence-corrected chi connectivity index (χ3v) is 9.51. The molecule has 3 N–H and O–H groups in total. The van der Waals surface area contributed by atoms with Gasteiger partial charge in [-0.2, -0.15) is 13.2 Å². The van der Waals surface area contributed by atoms with Gasteiger partial charge in [-0.05, 0) is 69.9 Å². The molecule has 0 bridgehead atoms. The molecule has 0 unspecified atom stereocenters. The van der Waals surface area contributed by atoms with Gasteiger partial charge in [-0.1, -0.05) is 0 Å². The van der Waals surface area contributed by atoms with Crippen LogP contribution >= 0.6 is 0 Å². The molecule has 3 aliphatic rings. The van der Waals surface area contributed by atoms with E-state index in [0.717, 1.165) is 42.3 Å². The number of aliphatic carboxylic acids is 1. The van der Waals surface area contributed by atoms with Crippen LogP contribution in [0.25, 0.3) is 16.8 Å². The van der Waals surface area contributed by atoms with Crippen molar-refractivity contribution in [2.75, 3.05) is 23.8 Å². The molecule has 4 aromatic rings. The highest BCUT2D eigenvalue weighted by atomic mass is 19.4. The first kappa shape index (κ1) is 30.1. The first-order valence-corrected chi connectivity index (χ1v) is 15.1. The van der Waals surface area contributed by atoms with Crippen LogP contribution in [-0.2, 0) is 15.7 Å². The number of aromatic nitrogens is 4. The van der Waals surface area contributed by atoms with Crippen LogP contribution in [0, 0.1) is 5.41 Å². The highest BCUT2D eigenvalue weighted by Gasteiger charge is 2.42. The highest BCUT2D eigenvalue weighted by Crippen LogP contribution is 2.44. The van der Waals surface area contributed by atoms with Crippen molar-refractivity contribution in [2.45, 2.75) is 63.9 Å². The Morgan fingerprint density at radius 1 is 1.13 bits per heavy atom. The number of morpholine rings is 1. The lowest BCUT2D eigenvalue weighted by molar-refractivity contribution is -0.151. The van der Waals surface area contributed by atoms with Gasteiger partial charge in [0.1, 0.15) is 29.0 Å². The van der Waals surface area contributed by atoms with Gasteiger partial charge in [0.2, 0.25) is 0 Å². The maximum atomic E-state index is 13.1. The number of carbonyl (C=O) groups excluding carboxylic acids is 1. The van der Waals surface area contributed by atoms with E-state index in [1.807, 2.05) is 17.5 Å². The summed E-state index contributed by atoms with van der Waals surface area (Å²) in [5.74, 6) is -0.307. The summed E-state index contributed by atoms with van der Waals surface area (Å²) in [6.45, 7) is 5.07. The summed E-state index contributed by atoms with van der Waals surface area (Å²) in [4.78, 5) is 40.6. The van der Waals surface area contributed by atoms with Gasteiger partial charge in [0, 0.05) is 48.3 Å². The molecule has 1 aliphatic carbocycles. The van der Waals surface area contributed by atoms with Gasteiger partial charge < -0.3 is 20.5 Å². The molecular formula is C32H32F3N7O4. The Morgan fingerprint density at radius 2 is 1.91 bits per heavy atom. The Kier molecular flexibility index (Phi) is 7.24. The molecule has 1 amide bonds. The third kappa shape index (κ3) is 5.24. The maximum absolute atomic E-state index is 13.1. The van der Waals surface area contributed by atoms with Crippen LogP contribution in [0.3, 0.4) is 0 Å². The van der Waals surface area contributed by atoms with Crippen molar-refractivity contribution in [1.29, 1.82) is 0 Å². The number of carboxylic acids is 1. The molecule has 2 fully saturated rings. The maximum Gasteiger partial charge on any atom is 0.416 e. The minimum Gasteiger partial charge on any atom is -0.481 e. The molecule has 11 nitrogen and oxygen atoms in total. The molecule has 2 aliphatic heterocycles. The summed E-state index contributed by atoms with van der Waals surface area (Å²) in [6.07, 6.45) is 2.46. The van der Waals surface area contributed by atoms with Crippen molar-refractivity contribution in [3.8, 4) is 11.3 Å². The first-order valence-electron chi connectivity index (χ1n) is 15.1. The van der Waals surface area contributed by atoms with E-state index in [4.69, 9.17) is 9.72 Å². The molecule has 0 radical (unpaired) electrons. The molecule has 0 spiro atoms. The number of anilines is 3. The summed E-state index contributed by atoms with van der Waals surface area (Å²) in [6, 6.07) is 6.99. The van der Waals surface area contributed by atoms with E-state index < -0.39 is 29.0 Å². The smallest absolute Gasteiger partial charge is 0.416 e. The number of amides is 1. The molecule has 1 saturated heterocycles. The molecule has 3 aromatic heterocycles. The van der Waals surface area contributed by atoms with Crippen LogP contribution in [0.1, 0.15) is 67.4 Å². The third-order valence-electron chi connectivity index (χ3n) is 9.51. The number of benzene rings is 1.